The predicted octanol–water partition coefficient (Wildman–Crippen LogP) is 4.14. The van der Waals surface area contributed by atoms with E-state index in [2.05, 4.69) is 22.3 Å². The summed E-state index contributed by atoms with van der Waals surface area (Å²) in [5.74, 6) is -0.304. The van der Waals surface area contributed by atoms with E-state index < -0.39 is 12.4 Å². The van der Waals surface area contributed by atoms with Crippen LogP contribution in [0.25, 0.3) is 0 Å². The highest BCUT2D eigenvalue weighted by Gasteiger charge is 2.31. The zero-order valence-corrected chi connectivity index (χ0v) is 12.7. The molecule has 0 aromatic heterocycles. The van der Waals surface area contributed by atoms with Crippen molar-refractivity contribution < 1.29 is 22.7 Å². The highest BCUT2D eigenvalue weighted by Crippen LogP contribution is 2.25. The number of urea groups is 1. The lowest BCUT2D eigenvalue weighted by molar-refractivity contribution is -0.274. The van der Waals surface area contributed by atoms with Crippen molar-refractivity contribution in [3.8, 4) is 5.75 Å². The molecule has 0 heterocycles. The summed E-state index contributed by atoms with van der Waals surface area (Å²) in [7, 11) is 0. The average Bonchev–Trinajstić information content (AvgIpc) is 2.42. The second kappa shape index (κ2) is 8.51. The topological polar surface area (TPSA) is 50.4 Å². The lowest BCUT2D eigenvalue weighted by atomic mass is 10.1. The molecule has 1 unspecified atom stereocenters. The third kappa shape index (κ3) is 7.19. The van der Waals surface area contributed by atoms with E-state index in [4.69, 9.17) is 0 Å². The summed E-state index contributed by atoms with van der Waals surface area (Å²) in [4.78, 5) is 11.7. The van der Waals surface area contributed by atoms with Crippen LogP contribution >= 0.6 is 0 Å². The van der Waals surface area contributed by atoms with E-state index in [-0.39, 0.29) is 11.8 Å². The fraction of sp³-hybridized carbons (Fsp3) is 0.533. The minimum atomic E-state index is -4.73. The van der Waals surface area contributed by atoms with Crippen molar-refractivity contribution in [2.45, 2.75) is 45.5 Å². The SMILES string of the molecule is CCCCCNC(=O)NC(C)c1cccc(OC(F)(F)F)c1. The summed E-state index contributed by atoms with van der Waals surface area (Å²) in [5.41, 5.74) is 0.533. The number of amides is 2. The van der Waals surface area contributed by atoms with Crippen LogP contribution in [0, 0.1) is 0 Å². The molecule has 1 aromatic carbocycles. The smallest absolute Gasteiger partial charge is 0.406 e. The zero-order valence-electron chi connectivity index (χ0n) is 12.7. The Hall–Kier alpha value is -1.92. The molecular formula is C15H21F3N2O2. The Morgan fingerprint density at radius 3 is 2.68 bits per heavy atom. The van der Waals surface area contributed by atoms with Gasteiger partial charge in [-0.2, -0.15) is 0 Å². The fourth-order valence-corrected chi connectivity index (χ4v) is 1.89. The first-order valence-electron chi connectivity index (χ1n) is 7.22. The summed E-state index contributed by atoms with van der Waals surface area (Å²) in [6, 6.07) is 4.79. The Labute approximate surface area is 128 Å². The quantitative estimate of drug-likeness (QED) is 0.743. The third-order valence-corrected chi connectivity index (χ3v) is 3.01. The van der Waals surface area contributed by atoms with Crippen molar-refractivity contribution in [3.05, 3.63) is 29.8 Å². The average molecular weight is 318 g/mol. The van der Waals surface area contributed by atoms with Gasteiger partial charge in [-0.25, -0.2) is 4.79 Å². The van der Waals surface area contributed by atoms with Gasteiger partial charge in [0.15, 0.2) is 0 Å². The van der Waals surface area contributed by atoms with Crippen LogP contribution < -0.4 is 15.4 Å². The number of rotatable bonds is 7. The minimum absolute atomic E-state index is 0.304. The Kier molecular flexibility index (Phi) is 7.01. The zero-order chi connectivity index (χ0) is 16.6. The van der Waals surface area contributed by atoms with Crippen LogP contribution in [-0.4, -0.2) is 18.9 Å². The maximum Gasteiger partial charge on any atom is 0.573 e. The van der Waals surface area contributed by atoms with E-state index in [0.29, 0.717) is 12.1 Å². The van der Waals surface area contributed by atoms with Crippen LogP contribution in [0.5, 0.6) is 5.75 Å². The van der Waals surface area contributed by atoms with Gasteiger partial charge in [0.25, 0.3) is 0 Å². The van der Waals surface area contributed by atoms with Gasteiger partial charge < -0.3 is 15.4 Å². The minimum Gasteiger partial charge on any atom is -0.406 e. The molecular weight excluding hydrogens is 297 g/mol. The number of carbonyl (C=O) groups excluding carboxylic acids is 1. The van der Waals surface area contributed by atoms with Crippen molar-refractivity contribution in [1.29, 1.82) is 0 Å². The third-order valence-electron chi connectivity index (χ3n) is 3.01. The van der Waals surface area contributed by atoms with Crippen molar-refractivity contribution in [1.82, 2.24) is 10.6 Å². The molecule has 0 aliphatic carbocycles. The number of alkyl halides is 3. The molecule has 1 rings (SSSR count). The Balaban J connectivity index is 2.52. The number of unbranched alkanes of at least 4 members (excludes halogenated alkanes) is 2. The van der Waals surface area contributed by atoms with Crippen molar-refractivity contribution in [2.24, 2.45) is 0 Å². The number of halogens is 3. The van der Waals surface area contributed by atoms with E-state index in [1.54, 1.807) is 13.0 Å². The number of carbonyl (C=O) groups is 1. The molecule has 0 aliphatic rings. The molecule has 0 aliphatic heterocycles. The van der Waals surface area contributed by atoms with Crippen molar-refractivity contribution in [3.63, 3.8) is 0 Å². The van der Waals surface area contributed by atoms with Crippen LogP contribution in [0.4, 0.5) is 18.0 Å². The molecule has 0 saturated carbocycles. The number of hydrogen-bond acceptors (Lipinski definition) is 2. The first-order valence-corrected chi connectivity index (χ1v) is 7.22. The molecule has 1 aromatic rings. The largest absolute Gasteiger partial charge is 0.573 e. The van der Waals surface area contributed by atoms with Crippen LogP contribution in [-0.2, 0) is 0 Å². The van der Waals surface area contributed by atoms with Crippen molar-refractivity contribution >= 4 is 6.03 Å². The lowest BCUT2D eigenvalue weighted by Crippen LogP contribution is -2.37. The molecule has 0 radical (unpaired) electrons. The van der Waals surface area contributed by atoms with Gasteiger partial charge >= 0.3 is 12.4 Å². The lowest BCUT2D eigenvalue weighted by Gasteiger charge is -2.16. The second-order valence-electron chi connectivity index (χ2n) is 4.95. The Bertz CT molecular complexity index is 478. The first kappa shape index (κ1) is 18.1. The molecule has 0 bridgehead atoms. The summed E-state index contributed by atoms with van der Waals surface area (Å²) in [5, 5.41) is 5.39. The Morgan fingerprint density at radius 1 is 1.32 bits per heavy atom. The van der Waals surface area contributed by atoms with E-state index in [1.165, 1.54) is 18.2 Å². The molecule has 7 heteroatoms. The fourth-order valence-electron chi connectivity index (χ4n) is 1.89. The number of nitrogens with one attached hydrogen (secondary N) is 2. The maximum absolute atomic E-state index is 12.2. The maximum atomic E-state index is 12.2. The summed E-state index contributed by atoms with van der Waals surface area (Å²) >= 11 is 0. The highest BCUT2D eigenvalue weighted by molar-refractivity contribution is 5.74. The van der Waals surface area contributed by atoms with Gasteiger partial charge in [-0.05, 0) is 31.0 Å². The van der Waals surface area contributed by atoms with Gasteiger partial charge in [0.2, 0.25) is 0 Å². The predicted molar refractivity (Wildman–Crippen MR) is 77.6 cm³/mol. The number of ether oxygens (including phenoxy) is 1. The van der Waals surface area contributed by atoms with Crippen LogP contribution in [0.2, 0.25) is 0 Å². The molecule has 0 saturated heterocycles. The van der Waals surface area contributed by atoms with Gasteiger partial charge in [-0.15, -0.1) is 13.2 Å². The van der Waals surface area contributed by atoms with Gasteiger partial charge in [-0.1, -0.05) is 31.9 Å². The van der Waals surface area contributed by atoms with E-state index in [0.717, 1.165) is 19.3 Å². The molecule has 124 valence electrons. The summed E-state index contributed by atoms with van der Waals surface area (Å²) in [6.07, 6.45) is -1.74. The molecule has 4 nitrogen and oxygen atoms in total. The van der Waals surface area contributed by atoms with Gasteiger partial charge in [0.1, 0.15) is 5.75 Å². The molecule has 2 N–H and O–H groups in total. The number of hydrogen-bond donors (Lipinski definition) is 2. The van der Waals surface area contributed by atoms with Crippen molar-refractivity contribution in [2.75, 3.05) is 6.54 Å². The van der Waals surface area contributed by atoms with Gasteiger partial charge in [-0.3, -0.25) is 0 Å². The first-order chi connectivity index (χ1) is 10.3. The number of benzene rings is 1. The summed E-state index contributed by atoms with van der Waals surface area (Å²) < 4.78 is 40.4. The Morgan fingerprint density at radius 2 is 2.05 bits per heavy atom. The van der Waals surface area contributed by atoms with E-state index in [9.17, 15) is 18.0 Å². The van der Waals surface area contributed by atoms with E-state index in [1.807, 2.05) is 0 Å². The van der Waals surface area contributed by atoms with Gasteiger partial charge in [0.05, 0.1) is 6.04 Å². The molecule has 2 amide bonds. The van der Waals surface area contributed by atoms with Crippen LogP contribution in [0.1, 0.15) is 44.7 Å². The normalized spacial score (nSPS) is 12.6. The molecule has 22 heavy (non-hydrogen) atoms. The molecule has 0 fully saturated rings. The van der Waals surface area contributed by atoms with Crippen LogP contribution in [0.3, 0.4) is 0 Å². The van der Waals surface area contributed by atoms with Crippen LogP contribution in [0.15, 0.2) is 24.3 Å². The molecule has 0 spiro atoms. The van der Waals surface area contributed by atoms with Gasteiger partial charge in [0, 0.05) is 6.54 Å². The second-order valence-corrected chi connectivity index (χ2v) is 4.95. The molecule has 1 atom stereocenters. The highest BCUT2D eigenvalue weighted by atomic mass is 19.4. The standard InChI is InChI=1S/C15H21F3N2O2/c1-3-4-5-9-19-14(21)20-11(2)12-7-6-8-13(10-12)22-15(16,17)18/h6-8,10-11H,3-5,9H2,1-2H3,(H2,19,20,21). The monoisotopic (exact) mass is 318 g/mol. The summed E-state index contributed by atoms with van der Waals surface area (Å²) in [6.45, 7) is 4.33. The van der Waals surface area contributed by atoms with E-state index >= 15 is 0 Å².